The Balaban J connectivity index is 2.92. The van der Waals surface area contributed by atoms with Gasteiger partial charge in [-0.25, -0.2) is 4.39 Å². The third-order valence-corrected chi connectivity index (χ3v) is 0.436. The molecule has 0 rings (SSSR count). The van der Waals surface area contributed by atoms with Crippen molar-refractivity contribution in [3.8, 4) is 0 Å². The summed E-state index contributed by atoms with van der Waals surface area (Å²) >= 11 is 0. The summed E-state index contributed by atoms with van der Waals surface area (Å²) in [6.07, 6.45) is 2.63. The van der Waals surface area contributed by atoms with Crippen molar-refractivity contribution in [3.63, 3.8) is 0 Å². The van der Waals surface area contributed by atoms with Crippen molar-refractivity contribution in [1.29, 1.82) is 0 Å². The first-order valence-corrected chi connectivity index (χ1v) is 1.92. The molecule has 0 saturated carbocycles. The van der Waals surface area contributed by atoms with Crippen LogP contribution < -0.4 is 0 Å². The standard InChI is InChI=1S/C4H6FNO/c5-3-1-2-4-6-7/h1-2H,3-4H2/b2-1+. The number of halogens is 1. The Morgan fingerprint density at radius 1 is 1.57 bits per heavy atom. The van der Waals surface area contributed by atoms with Crippen molar-refractivity contribution in [2.45, 2.75) is 0 Å². The smallest absolute Gasteiger partial charge is 0.108 e. The van der Waals surface area contributed by atoms with Gasteiger partial charge in [0.1, 0.15) is 6.67 Å². The van der Waals surface area contributed by atoms with Crippen LogP contribution in [-0.4, -0.2) is 13.2 Å². The fraction of sp³-hybridized carbons (Fsp3) is 0.500. The lowest BCUT2D eigenvalue weighted by Crippen LogP contribution is -1.67. The van der Waals surface area contributed by atoms with Crippen LogP contribution in [0, 0.1) is 4.91 Å². The fourth-order valence-corrected chi connectivity index (χ4v) is 0.181. The number of alkyl halides is 1. The largest absolute Gasteiger partial charge is 0.247 e. The summed E-state index contributed by atoms with van der Waals surface area (Å²) in [5, 5.41) is 2.47. The van der Waals surface area contributed by atoms with Crippen LogP contribution in [0.4, 0.5) is 4.39 Å². The number of rotatable bonds is 3. The highest BCUT2D eigenvalue weighted by atomic mass is 19.1. The average molecular weight is 103 g/mol. The Kier molecular flexibility index (Phi) is 4.72. The second-order valence-electron chi connectivity index (χ2n) is 0.937. The molecule has 0 fully saturated rings. The van der Waals surface area contributed by atoms with Gasteiger partial charge in [-0.3, -0.25) is 0 Å². The molecule has 0 aliphatic heterocycles. The molecule has 0 saturated heterocycles. The van der Waals surface area contributed by atoms with E-state index >= 15 is 0 Å². The van der Waals surface area contributed by atoms with Crippen molar-refractivity contribution >= 4 is 0 Å². The molecule has 3 heteroatoms. The molecule has 0 aromatic heterocycles. The lowest BCUT2D eigenvalue weighted by Gasteiger charge is -1.70. The maximum Gasteiger partial charge on any atom is 0.108 e. The molecular formula is C4H6FNO. The van der Waals surface area contributed by atoms with Crippen molar-refractivity contribution in [2.24, 2.45) is 5.18 Å². The Bertz CT molecular complexity index is 72.1. The minimum atomic E-state index is -0.518. The van der Waals surface area contributed by atoms with E-state index in [0.717, 1.165) is 0 Å². The van der Waals surface area contributed by atoms with Gasteiger partial charge in [0, 0.05) is 0 Å². The molecule has 0 unspecified atom stereocenters. The molecule has 0 radical (unpaired) electrons. The Morgan fingerprint density at radius 2 is 2.29 bits per heavy atom. The molecule has 0 amide bonds. The lowest BCUT2D eigenvalue weighted by molar-refractivity contribution is 0.561. The van der Waals surface area contributed by atoms with E-state index in [0.29, 0.717) is 0 Å². The quantitative estimate of drug-likeness (QED) is 0.390. The molecule has 0 N–H and O–H groups in total. The van der Waals surface area contributed by atoms with Crippen LogP contribution >= 0.6 is 0 Å². The first-order valence-electron chi connectivity index (χ1n) is 1.92. The third kappa shape index (κ3) is 5.27. The summed E-state index contributed by atoms with van der Waals surface area (Å²) in [5.41, 5.74) is 0. The Labute approximate surface area is 41.0 Å². The van der Waals surface area contributed by atoms with Gasteiger partial charge in [-0.05, 0) is 0 Å². The van der Waals surface area contributed by atoms with Gasteiger partial charge in [0.05, 0.1) is 6.54 Å². The number of hydrogen-bond donors (Lipinski definition) is 0. The molecule has 0 spiro atoms. The van der Waals surface area contributed by atoms with Gasteiger partial charge >= 0.3 is 0 Å². The van der Waals surface area contributed by atoms with Crippen LogP contribution in [0.15, 0.2) is 17.3 Å². The molecular weight excluding hydrogens is 97.0 g/mol. The zero-order valence-electron chi connectivity index (χ0n) is 3.80. The summed E-state index contributed by atoms with van der Waals surface area (Å²) in [6, 6.07) is 0. The molecule has 0 aliphatic carbocycles. The van der Waals surface area contributed by atoms with Crippen molar-refractivity contribution in [3.05, 3.63) is 17.1 Å². The molecule has 0 aromatic rings. The van der Waals surface area contributed by atoms with Crippen LogP contribution in [0.5, 0.6) is 0 Å². The van der Waals surface area contributed by atoms with E-state index in [-0.39, 0.29) is 6.54 Å². The highest BCUT2D eigenvalue weighted by Gasteiger charge is 1.68. The van der Waals surface area contributed by atoms with Crippen molar-refractivity contribution in [1.82, 2.24) is 0 Å². The second-order valence-corrected chi connectivity index (χ2v) is 0.937. The van der Waals surface area contributed by atoms with Gasteiger partial charge in [-0.15, -0.1) is 0 Å². The third-order valence-electron chi connectivity index (χ3n) is 0.436. The zero-order chi connectivity index (χ0) is 5.54. The SMILES string of the molecule is O=NC/C=C/CF. The maximum absolute atomic E-state index is 11.1. The van der Waals surface area contributed by atoms with Crippen LogP contribution in [-0.2, 0) is 0 Å². The summed E-state index contributed by atoms with van der Waals surface area (Å²) < 4.78 is 11.1. The topological polar surface area (TPSA) is 29.4 Å². The molecule has 0 aliphatic rings. The summed E-state index contributed by atoms with van der Waals surface area (Å²) in [6.45, 7) is -0.445. The summed E-state index contributed by atoms with van der Waals surface area (Å²) in [5.74, 6) is 0. The Hall–Kier alpha value is -0.730. The molecule has 0 heterocycles. The van der Waals surface area contributed by atoms with E-state index in [4.69, 9.17) is 0 Å². The minimum Gasteiger partial charge on any atom is -0.247 e. The van der Waals surface area contributed by atoms with E-state index in [9.17, 15) is 9.30 Å². The maximum atomic E-state index is 11.1. The molecule has 2 nitrogen and oxygen atoms in total. The minimum absolute atomic E-state index is 0.0733. The van der Waals surface area contributed by atoms with Gasteiger partial charge in [-0.1, -0.05) is 17.3 Å². The predicted octanol–water partition coefficient (Wildman–Crippen LogP) is 1.28. The van der Waals surface area contributed by atoms with Gasteiger partial charge < -0.3 is 0 Å². The molecule has 7 heavy (non-hydrogen) atoms. The average Bonchev–Trinajstić information content (AvgIpc) is 1.69. The van der Waals surface area contributed by atoms with Gasteiger partial charge in [0.2, 0.25) is 0 Å². The van der Waals surface area contributed by atoms with Gasteiger partial charge in [0.15, 0.2) is 0 Å². The Morgan fingerprint density at radius 3 is 2.71 bits per heavy atom. The number of nitroso groups, excluding NO2 is 1. The zero-order valence-corrected chi connectivity index (χ0v) is 3.80. The molecule has 0 atom stereocenters. The van der Waals surface area contributed by atoms with Crippen LogP contribution in [0.1, 0.15) is 0 Å². The molecule has 0 bridgehead atoms. The second kappa shape index (κ2) is 5.27. The number of allylic oxidation sites excluding steroid dienone is 1. The van der Waals surface area contributed by atoms with E-state index < -0.39 is 6.67 Å². The van der Waals surface area contributed by atoms with Crippen molar-refractivity contribution < 1.29 is 4.39 Å². The normalized spacial score (nSPS) is 9.86. The van der Waals surface area contributed by atoms with Gasteiger partial charge in [0.25, 0.3) is 0 Å². The van der Waals surface area contributed by atoms with E-state index in [1.807, 2.05) is 0 Å². The van der Waals surface area contributed by atoms with E-state index in [1.54, 1.807) is 0 Å². The van der Waals surface area contributed by atoms with Crippen LogP contribution in [0.3, 0.4) is 0 Å². The number of hydrogen-bond acceptors (Lipinski definition) is 2. The van der Waals surface area contributed by atoms with E-state index in [2.05, 4.69) is 5.18 Å². The fourth-order valence-electron chi connectivity index (χ4n) is 0.181. The first-order chi connectivity index (χ1) is 3.41. The van der Waals surface area contributed by atoms with Crippen LogP contribution in [0.25, 0.3) is 0 Å². The molecule has 40 valence electrons. The van der Waals surface area contributed by atoms with Gasteiger partial charge in [-0.2, -0.15) is 4.91 Å². The predicted molar refractivity (Wildman–Crippen MR) is 25.8 cm³/mol. The highest BCUT2D eigenvalue weighted by Crippen LogP contribution is 1.73. The van der Waals surface area contributed by atoms with Crippen LogP contribution in [0.2, 0.25) is 0 Å². The summed E-state index contributed by atoms with van der Waals surface area (Å²) in [7, 11) is 0. The molecule has 0 aromatic carbocycles. The highest BCUT2D eigenvalue weighted by molar-refractivity contribution is 4.82. The number of nitrogens with zero attached hydrogens (tertiary/aromatic N) is 1. The monoisotopic (exact) mass is 103 g/mol. The van der Waals surface area contributed by atoms with E-state index in [1.165, 1.54) is 12.2 Å². The summed E-state index contributed by atoms with van der Waals surface area (Å²) in [4.78, 5) is 9.26. The lowest BCUT2D eigenvalue weighted by atomic mass is 10.5. The first kappa shape index (κ1) is 6.27. The van der Waals surface area contributed by atoms with Crippen molar-refractivity contribution in [2.75, 3.05) is 13.2 Å².